The Hall–Kier alpha value is -2.09. The third-order valence-electron chi connectivity index (χ3n) is 3.62. The van der Waals surface area contributed by atoms with Crippen molar-refractivity contribution in [2.75, 3.05) is 5.32 Å². The van der Waals surface area contributed by atoms with Crippen LogP contribution in [0.4, 0.5) is 5.69 Å². The second-order valence-electron chi connectivity index (χ2n) is 5.45. The Bertz CT molecular complexity index is 853. The number of halogens is 1. The summed E-state index contributed by atoms with van der Waals surface area (Å²) in [6.07, 6.45) is 0. The second-order valence-corrected chi connectivity index (χ2v) is 7.36. The van der Waals surface area contributed by atoms with Crippen LogP contribution in [0.1, 0.15) is 33.3 Å². The molecule has 25 heavy (non-hydrogen) atoms. The third-order valence-corrected chi connectivity index (χ3v) is 5.27. The van der Waals surface area contributed by atoms with Gasteiger partial charge in [0, 0.05) is 16.2 Å². The van der Waals surface area contributed by atoms with Gasteiger partial charge in [-0.15, -0.1) is 10.2 Å². The van der Waals surface area contributed by atoms with Crippen LogP contribution in [0.5, 0.6) is 0 Å². The van der Waals surface area contributed by atoms with E-state index in [2.05, 4.69) is 49.8 Å². The molecule has 0 saturated carbocycles. The van der Waals surface area contributed by atoms with Crippen LogP contribution in [0.3, 0.4) is 0 Å². The van der Waals surface area contributed by atoms with Gasteiger partial charge in [-0.3, -0.25) is 4.79 Å². The van der Waals surface area contributed by atoms with Crippen molar-refractivity contribution in [3.63, 3.8) is 0 Å². The van der Waals surface area contributed by atoms with Crippen LogP contribution >= 0.6 is 27.3 Å². The molecule has 1 atom stereocenters. The van der Waals surface area contributed by atoms with E-state index >= 15 is 0 Å². The number of carbonyl (C=O) groups is 1. The van der Waals surface area contributed by atoms with Crippen LogP contribution < -0.4 is 10.6 Å². The van der Waals surface area contributed by atoms with Crippen LogP contribution in [0.25, 0.3) is 0 Å². The van der Waals surface area contributed by atoms with Gasteiger partial charge in [0.2, 0.25) is 5.01 Å². The average molecular weight is 417 g/mol. The topological polar surface area (TPSA) is 66.9 Å². The zero-order valence-electron chi connectivity index (χ0n) is 13.6. The van der Waals surface area contributed by atoms with Crippen LogP contribution in [0, 0.1) is 0 Å². The lowest BCUT2D eigenvalue weighted by molar-refractivity contribution is 0.102. The van der Waals surface area contributed by atoms with Crippen molar-refractivity contribution in [1.29, 1.82) is 0 Å². The summed E-state index contributed by atoms with van der Waals surface area (Å²) < 4.78 is 1.06. The molecule has 3 aromatic rings. The molecule has 128 valence electrons. The van der Waals surface area contributed by atoms with Gasteiger partial charge in [-0.1, -0.05) is 63.7 Å². The molecule has 1 amide bonds. The molecule has 1 aromatic heterocycles. The molecule has 0 aliphatic heterocycles. The van der Waals surface area contributed by atoms with E-state index in [4.69, 9.17) is 0 Å². The molecule has 0 spiro atoms. The summed E-state index contributed by atoms with van der Waals surface area (Å²) in [6, 6.07) is 17.5. The molecular weight excluding hydrogens is 400 g/mol. The van der Waals surface area contributed by atoms with Crippen LogP contribution in [0.15, 0.2) is 59.1 Å². The fourth-order valence-corrected chi connectivity index (χ4v) is 3.61. The number of carbonyl (C=O) groups excluding carboxylic acids is 1. The van der Waals surface area contributed by atoms with Crippen LogP contribution in [-0.4, -0.2) is 16.1 Å². The van der Waals surface area contributed by atoms with Gasteiger partial charge in [0.05, 0.1) is 6.54 Å². The minimum Gasteiger partial charge on any atom is -0.320 e. The largest absolute Gasteiger partial charge is 0.320 e. The number of benzene rings is 2. The standard InChI is InChI=1S/C18H17BrN4OS/c1-12(14-9-5-6-10-15(14)19)20-11-16-22-23-18(25-16)17(24)21-13-7-3-2-4-8-13/h2-10,12,20H,11H2,1H3,(H,21,24). The molecule has 0 fully saturated rings. The fraction of sp³-hybridized carbons (Fsp3) is 0.167. The number of hydrogen-bond acceptors (Lipinski definition) is 5. The fourth-order valence-electron chi connectivity index (χ4n) is 2.30. The predicted octanol–water partition coefficient (Wildman–Crippen LogP) is 4.40. The zero-order valence-corrected chi connectivity index (χ0v) is 16.0. The first-order chi connectivity index (χ1) is 12.1. The molecule has 3 rings (SSSR count). The van der Waals surface area contributed by atoms with E-state index in [1.807, 2.05) is 48.5 Å². The number of aromatic nitrogens is 2. The number of hydrogen-bond donors (Lipinski definition) is 2. The van der Waals surface area contributed by atoms with E-state index in [0.29, 0.717) is 11.6 Å². The maximum Gasteiger partial charge on any atom is 0.286 e. The molecule has 5 nitrogen and oxygen atoms in total. The summed E-state index contributed by atoms with van der Waals surface area (Å²) >= 11 is 4.85. The van der Waals surface area contributed by atoms with Gasteiger partial charge < -0.3 is 10.6 Å². The lowest BCUT2D eigenvalue weighted by Crippen LogP contribution is -2.18. The van der Waals surface area contributed by atoms with Gasteiger partial charge in [0.1, 0.15) is 5.01 Å². The molecule has 1 heterocycles. The van der Waals surface area contributed by atoms with Gasteiger partial charge in [-0.05, 0) is 30.7 Å². The maximum atomic E-state index is 12.2. The molecule has 2 N–H and O–H groups in total. The van der Waals surface area contributed by atoms with Crippen molar-refractivity contribution < 1.29 is 4.79 Å². The van der Waals surface area contributed by atoms with Gasteiger partial charge >= 0.3 is 0 Å². The molecule has 7 heteroatoms. The Labute approximate surface area is 158 Å². The van der Waals surface area contributed by atoms with Gasteiger partial charge in [0.15, 0.2) is 0 Å². The van der Waals surface area contributed by atoms with Crippen molar-refractivity contribution in [1.82, 2.24) is 15.5 Å². The van der Waals surface area contributed by atoms with E-state index in [1.54, 1.807) is 0 Å². The Morgan fingerprint density at radius 1 is 1.12 bits per heavy atom. The Morgan fingerprint density at radius 3 is 2.60 bits per heavy atom. The first kappa shape index (κ1) is 17.7. The predicted molar refractivity (Wildman–Crippen MR) is 104 cm³/mol. The SMILES string of the molecule is CC(NCc1nnc(C(=O)Nc2ccccc2)s1)c1ccccc1Br. The highest BCUT2D eigenvalue weighted by Crippen LogP contribution is 2.23. The summed E-state index contributed by atoms with van der Waals surface area (Å²) in [4.78, 5) is 12.2. The van der Waals surface area contributed by atoms with Gasteiger partial charge in [-0.2, -0.15) is 0 Å². The van der Waals surface area contributed by atoms with E-state index in [-0.39, 0.29) is 11.9 Å². The quantitative estimate of drug-likeness (QED) is 0.624. The number of anilines is 1. The Morgan fingerprint density at radius 2 is 1.84 bits per heavy atom. The molecule has 0 saturated heterocycles. The number of rotatable bonds is 6. The van der Waals surface area contributed by atoms with E-state index in [9.17, 15) is 4.79 Å². The minimum atomic E-state index is -0.242. The number of nitrogens with zero attached hydrogens (tertiary/aromatic N) is 2. The van der Waals surface area contributed by atoms with Crippen LogP contribution in [0.2, 0.25) is 0 Å². The molecule has 0 radical (unpaired) electrons. The van der Waals surface area contributed by atoms with E-state index in [0.717, 1.165) is 15.2 Å². The molecule has 0 aliphatic rings. The third kappa shape index (κ3) is 4.72. The lowest BCUT2D eigenvalue weighted by atomic mass is 10.1. The van der Waals surface area contributed by atoms with Crippen molar-refractivity contribution in [2.45, 2.75) is 19.5 Å². The van der Waals surface area contributed by atoms with Crippen molar-refractivity contribution in [2.24, 2.45) is 0 Å². The molecular formula is C18H17BrN4OS. The molecule has 0 bridgehead atoms. The summed E-state index contributed by atoms with van der Waals surface area (Å²) in [5.74, 6) is -0.242. The first-order valence-electron chi connectivity index (χ1n) is 7.80. The first-order valence-corrected chi connectivity index (χ1v) is 9.41. The van der Waals surface area contributed by atoms with E-state index in [1.165, 1.54) is 16.9 Å². The highest BCUT2D eigenvalue weighted by atomic mass is 79.9. The highest BCUT2D eigenvalue weighted by molar-refractivity contribution is 9.10. The zero-order chi connectivity index (χ0) is 17.6. The van der Waals surface area contributed by atoms with Gasteiger partial charge in [0.25, 0.3) is 5.91 Å². The molecule has 0 aliphatic carbocycles. The highest BCUT2D eigenvalue weighted by Gasteiger charge is 2.14. The summed E-state index contributed by atoms with van der Waals surface area (Å²) in [7, 11) is 0. The van der Waals surface area contributed by atoms with Gasteiger partial charge in [-0.25, -0.2) is 0 Å². The minimum absolute atomic E-state index is 0.154. The van der Waals surface area contributed by atoms with Crippen molar-refractivity contribution in [3.8, 4) is 0 Å². The maximum absolute atomic E-state index is 12.2. The summed E-state index contributed by atoms with van der Waals surface area (Å²) in [5.41, 5.74) is 1.92. The number of para-hydroxylation sites is 1. The molecule has 2 aromatic carbocycles. The second kappa shape index (κ2) is 8.33. The van der Waals surface area contributed by atoms with Crippen LogP contribution in [-0.2, 0) is 6.54 Å². The summed E-state index contributed by atoms with van der Waals surface area (Å²) in [5, 5.41) is 15.4. The number of nitrogens with one attached hydrogen (secondary N) is 2. The number of amides is 1. The smallest absolute Gasteiger partial charge is 0.286 e. The molecule has 1 unspecified atom stereocenters. The lowest BCUT2D eigenvalue weighted by Gasteiger charge is -2.14. The summed E-state index contributed by atoms with van der Waals surface area (Å²) in [6.45, 7) is 2.64. The average Bonchev–Trinajstić information content (AvgIpc) is 3.10. The van der Waals surface area contributed by atoms with Crippen molar-refractivity contribution in [3.05, 3.63) is 74.6 Å². The Balaban J connectivity index is 1.58. The normalized spacial score (nSPS) is 11.9. The Kier molecular flexibility index (Phi) is 5.91. The van der Waals surface area contributed by atoms with Crippen molar-refractivity contribution >= 4 is 38.9 Å². The van der Waals surface area contributed by atoms with E-state index < -0.39 is 0 Å². The monoisotopic (exact) mass is 416 g/mol.